The van der Waals surface area contributed by atoms with Crippen molar-refractivity contribution < 1.29 is 4.74 Å². The Morgan fingerprint density at radius 3 is 1.65 bits per heavy atom. The summed E-state index contributed by atoms with van der Waals surface area (Å²) in [5, 5.41) is 2.52. The molecule has 0 fully saturated rings. The number of ether oxygens (including phenoxy) is 1. The molecule has 1 aliphatic heterocycles. The van der Waals surface area contributed by atoms with Crippen LogP contribution in [0.25, 0.3) is 76.6 Å². The van der Waals surface area contributed by atoms with Crippen molar-refractivity contribution in [1.29, 1.82) is 0 Å². The molecule has 0 saturated carbocycles. The number of hydrogen-bond acceptors (Lipinski definition) is 5. The molecule has 12 rings (SSSR count). The Morgan fingerprint density at radius 2 is 0.895 bits per heavy atom. The zero-order valence-corrected chi connectivity index (χ0v) is 31.4. The van der Waals surface area contributed by atoms with Crippen LogP contribution < -0.4 is 4.74 Å². The third-order valence-electron chi connectivity index (χ3n) is 11.6. The largest absolute Gasteiger partial charge is 0.456 e. The van der Waals surface area contributed by atoms with E-state index in [1.54, 1.807) is 11.3 Å². The molecule has 2 aromatic heterocycles. The summed E-state index contributed by atoms with van der Waals surface area (Å²) in [5.41, 5.74) is 11.8. The summed E-state index contributed by atoms with van der Waals surface area (Å²) in [7, 11) is 0. The van der Waals surface area contributed by atoms with E-state index in [0.717, 1.165) is 50.4 Å². The van der Waals surface area contributed by atoms with E-state index in [2.05, 4.69) is 158 Å². The number of hydrogen-bond donors (Lipinski definition) is 0. The van der Waals surface area contributed by atoms with Gasteiger partial charge >= 0.3 is 0 Å². The third kappa shape index (κ3) is 4.76. The highest BCUT2D eigenvalue weighted by atomic mass is 32.1. The third-order valence-corrected chi connectivity index (χ3v) is 12.8. The van der Waals surface area contributed by atoms with Crippen LogP contribution >= 0.6 is 11.3 Å². The Balaban J connectivity index is 0.992. The SMILES string of the molecule is c1ccc(-c2nc(-c3ccc(-c4cccc5c4Oc4ccccc4C54c5ccccc5-c5ccccc54)cc3)nc(-c3ccc4c(c3)sc3ccccc34)n2)cc1. The molecule has 0 unspecified atom stereocenters. The number of rotatable bonds is 4. The summed E-state index contributed by atoms with van der Waals surface area (Å²) in [6.07, 6.45) is 0. The summed E-state index contributed by atoms with van der Waals surface area (Å²) < 4.78 is 9.43. The highest BCUT2D eigenvalue weighted by Crippen LogP contribution is 2.63. The highest BCUT2D eigenvalue weighted by molar-refractivity contribution is 7.25. The number of aromatic nitrogens is 3. The summed E-state index contributed by atoms with van der Waals surface area (Å²) in [4.78, 5) is 15.2. The van der Waals surface area contributed by atoms with Gasteiger partial charge in [-0.2, -0.15) is 0 Å². The molecule has 2 aliphatic rings. The Bertz CT molecular complexity index is 3180. The zero-order chi connectivity index (χ0) is 37.5. The summed E-state index contributed by atoms with van der Waals surface area (Å²) in [6.45, 7) is 0. The Hall–Kier alpha value is -7.21. The van der Waals surface area contributed by atoms with E-state index < -0.39 is 5.41 Å². The molecule has 3 heterocycles. The lowest BCUT2D eigenvalue weighted by Crippen LogP contribution is -2.32. The molecule has 0 radical (unpaired) electrons. The van der Waals surface area contributed by atoms with Crippen LogP contribution in [0.1, 0.15) is 22.3 Å². The minimum absolute atomic E-state index is 0.513. The summed E-state index contributed by atoms with van der Waals surface area (Å²) >= 11 is 1.80. The summed E-state index contributed by atoms with van der Waals surface area (Å²) in [6, 6.07) is 66.6. The Kier molecular flexibility index (Phi) is 6.98. The minimum atomic E-state index is -0.513. The molecule has 0 atom stereocenters. The predicted octanol–water partition coefficient (Wildman–Crippen LogP) is 13.4. The molecule has 0 bridgehead atoms. The predicted molar refractivity (Wildman–Crippen MR) is 232 cm³/mol. The maximum Gasteiger partial charge on any atom is 0.164 e. The molecule has 4 nitrogen and oxygen atoms in total. The molecular weight excluding hydrogens is 715 g/mol. The molecule has 5 heteroatoms. The number of fused-ring (bicyclic) bond motifs is 12. The van der Waals surface area contributed by atoms with Gasteiger partial charge in [0.2, 0.25) is 0 Å². The van der Waals surface area contributed by atoms with Crippen molar-refractivity contribution in [3.05, 3.63) is 210 Å². The topological polar surface area (TPSA) is 47.9 Å². The Morgan fingerprint density at radius 1 is 0.368 bits per heavy atom. The first-order chi connectivity index (χ1) is 28.2. The van der Waals surface area contributed by atoms with Crippen LogP contribution in [0.4, 0.5) is 0 Å². The van der Waals surface area contributed by atoms with Crippen LogP contribution in [0.3, 0.4) is 0 Å². The minimum Gasteiger partial charge on any atom is -0.456 e. The van der Waals surface area contributed by atoms with Gasteiger partial charge in [-0.25, -0.2) is 15.0 Å². The molecule has 1 aliphatic carbocycles. The van der Waals surface area contributed by atoms with Gasteiger partial charge in [0, 0.05) is 53.6 Å². The second-order valence-corrected chi connectivity index (χ2v) is 15.8. The van der Waals surface area contributed by atoms with Crippen molar-refractivity contribution in [2.24, 2.45) is 0 Å². The van der Waals surface area contributed by atoms with Gasteiger partial charge in [-0.1, -0.05) is 170 Å². The lowest BCUT2D eigenvalue weighted by molar-refractivity contribution is 0.438. The molecule has 266 valence electrons. The van der Waals surface area contributed by atoms with E-state index >= 15 is 0 Å². The Labute approximate surface area is 333 Å². The molecule has 10 aromatic rings. The van der Waals surface area contributed by atoms with Gasteiger partial charge in [-0.15, -0.1) is 11.3 Å². The van der Waals surface area contributed by atoms with E-state index in [4.69, 9.17) is 19.7 Å². The first-order valence-electron chi connectivity index (χ1n) is 19.2. The number of para-hydroxylation sites is 2. The maximum absolute atomic E-state index is 6.94. The monoisotopic (exact) mass is 745 g/mol. The van der Waals surface area contributed by atoms with Gasteiger partial charge < -0.3 is 4.74 Å². The van der Waals surface area contributed by atoms with Crippen LogP contribution in [-0.2, 0) is 5.41 Å². The van der Waals surface area contributed by atoms with Gasteiger partial charge in [0.15, 0.2) is 17.5 Å². The van der Waals surface area contributed by atoms with E-state index in [1.807, 2.05) is 30.3 Å². The first-order valence-corrected chi connectivity index (χ1v) is 20.0. The quantitative estimate of drug-likeness (QED) is 0.180. The summed E-state index contributed by atoms with van der Waals surface area (Å²) in [5.74, 6) is 3.67. The lowest BCUT2D eigenvalue weighted by Gasteiger charge is -2.40. The van der Waals surface area contributed by atoms with E-state index in [9.17, 15) is 0 Å². The van der Waals surface area contributed by atoms with Crippen molar-refractivity contribution >= 4 is 31.5 Å². The van der Waals surface area contributed by atoms with Crippen LogP contribution in [0.15, 0.2) is 188 Å². The van der Waals surface area contributed by atoms with Gasteiger partial charge in [-0.3, -0.25) is 0 Å². The molecule has 8 aromatic carbocycles. The zero-order valence-electron chi connectivity index (χ0n) is 30.6. The maximum atomic E-state index is 6.94. The molecule has 0 N–H and O–H groups in total. The average molecular weight is 746 g/mol. The van der Waals surface area contributed by atoms with Crippen molar-refractivity contribution in [3.8, 4) is 67.9 Å². The normalized spacial score (nSPS) is 13.2. The number of nitrogens with zero attached hydrogens (tertiary/aromatic N) is 3. The van der Waals surface area contributed by atoms with Crippen LogP contribution in [-0.4, -0.2) is 15.0 Å². The van der Waals surface area contributed by atoms with Gasteiger partial charge in [0.1, 0.15) is 11.5 Å². The first kappa shape index (κ1) is 32.1. The fraction of sp³-hybridized carbons (Fsp3) is 0.0192. The van der Waals surface area contributed by atoms with Crippen molar-refractivity contribution in [3.63, 3.8) is 0 Å². The average Bonchev–Trinajstić information content (AvgIpc) is 3.80. The van der Waals surface area contributed by atoms with E-state index in [1.165, 1.54) is 42.4 Å². The van der Waals surface area contributed by atoms with Crippen LogP contribution in [0.2, 0.25) is 0 Å². The number of benzene rings is 8. The van der Waals surface area contributed by atoms with Gasteiger partial charge in [0.05, 0.1) is 5.41 Å². The smallest absolute Gasteiger partial charge is 0.164 e. The van der Waals surface area contributed by atoms with Crippen molar-refractivity contribution in [1.82, 2.24) is 15.0 Å². The second kappa shape index (κ2) is 12.4. The van der Waals surface area contributed by atoms with Crippen molar-refractivity contribution in [2.75, 3.05) is 0 Å². The van der Waals surface area contributed by atoms with E-state index in [0.29, 0.717) is 17.5 Å². The molecular formula is C52H31N3OS. The fourth-order valence-corrected chi connectivity index (χ4v) is 10.3. The molecule has 1 spiro atoms. The van der Waals surface area contributed by atoms with Crippen molar-refractivity contribution in [2.45, 2.75) is 5.41 Å². The second-order valence-electron chi connectivity index (χ2n) is 14.7. The molecule has 0 saturated heterocycles. The van der Waals surface area contributed by atoms with Crippen LogP contribution in [0, 0.1) is 0 Å². The fourth-order valence-electron chi connectivity index (χ4n) is 9.12. The highest BCUT2D eigenvalue weighted by Gasteiger charge is 2.51. The van der Waals surface area contributed by atoms with Gasteiger partial charge in [0.25, 0.3) is 0 Å². The molecule has 57 heavy (non-hydrogen) atoms. The lowest BCUT2D eigenvalue weighted by atomic mass is 9.65. The van der Waals surface area contributed by atoms with E-state index in [-0.39, 0.29) is 0 Å². The van der Waals surface area contributed by atoms with Gasteiger partial charge in [-0.05, 0) is 46.0 Å². The number of thiophene rings is 1. The van der Waals surface area contributed by atoms with Crippen LogP contribution in [0.5, 0.6) is 11.5 Å². The molecule has 0 amide bonds. The standard InChI is InChI=1S/C52H31N3OS/c1-2-13-33(14-3-1)49-53-50(55-51(54-49)35-29-30-40-39-17-6-11-24-46(39)57-47(40)31-35)34-27-25-32(26-28-34)36-18-12-22-44-48(36)56-45-23-10-9-21-43(45)52(44)41-19-7-4-15-37(41)38-16-5-8-20-42(38)52/h1-31H.